The number of pyridine rings is 2. The lowest BCUT2D eigenvalue weighted by Crippen LogP contribution is -2.21. The molecular formula is C23H22FN3OS. The molecular weight excluding hydrogens is 385 g/mol. The monoisotopic (exact) mass is 407 g/mol. The second kappa shape index (κ2) is 8.49. The summed E-state index contributed by atoms with van der Waals surface area (Å²) in [6.07, 6.45) is 3.26. The fraction of sp³-hybridized carbons (Fsp3) is 0.174. The van der Waals surface area contributed by atoms with E-state index in [9.17, 15) is 9.18 Å². The number of halogens is 1. The third kappa shape index (κ3) is 4.17. The van der Waals surface area contributed by atoms with E-state index in [-0.39, 0.29) is 13.3 Å². The standard InChI is InChI=1S/C22H18FN3OS.CH4/c1-13-11-26-22-18(14(13)2)10-19(28-22)21(27)25-12-15-5-7-16(8-6-15)17-4-3-9-24-20(17)23;/h3-11H,12H2,1-2H3,(H,25,27);1H4. The number of nitrogens with zero attached hydrogens (tertiary/aromatic N) is 2. The maximum atomic E-state index is 13.8. The van der Waals surface area contributed by atoms with Crippen LogP contribution in [-0.2, 0) is 6.54 Å². The molecule has 0 aliphatic heterocycles. The van der Waals surface area contributed by atoms with Crippen LogP contribution in [0.25, 0.3) is 21.3 Å². The molecule has 4 rings (SSSR count). The highest BCUT2D eigenvalue weighted by molar-refractivity contribution is 7.20. The van der Waals surface area contributed by atoms with Crippen LogP contribution in [0.3, 0.4) is 0 Å². The molecule has 0 fully saturated rings. The van der Waals surface area contributed by atoms with Crippen LogP contribution in [0.15, 0.2) is 54.9 Å². The van der Waals surface area contributed by atoms with Crippen molar-refractivity contribution >= 4 is 27.5 Å². The van der Waals surface area contributed by atoms with Crippen molar-refractivity contribution in [3.63, 3.8) is 0 Å². The van der Waals surface area contributed by atoms with E-state index in [4.69, 9.17) is 0 Å². The minimum absolute atomic E-state index is 0. The van der Waals surface area contributed by atoms with Gasteiger partial charge in [0.05, 0.1) is 4.88 Å². The molecule has 1 N–H and O–H groups in total. The lowest BCUT2D eigenvalue weighted by atomic mass is 10.1. The van der Waals surface area contributed by atoms with Crippen molar-refractivity contribution in [1.82, 2.24) is 15.3 Å². The lowest BCUT2D eigenvalue weighted by molar-refractivity contribution is 0.0955. The number of nitrogens with one attached hydrogen (secondary N) is 1. The van der Waals surface area contributed by atoms with Crippen LogP contribution in [0, 0.1) is 19.8 Å². The zero-order valence-corrected chi connectivity index (χ0v) is 16.3. The van der Waals surface area contributed by atoms with Crippen LogP contribution in [0.5, 0.6) is 0 Å². The van der Waals surface area contributed by atoms with Gasteiger partial charge in [0, 0.05) is 29.9 Å². The molecule has 3 aromatic heterocycles. The first-order chi connectivity index (χ1) is 13.5. The Morgan fingerprint density at radius 2 is 1.90 bits per heavy atom. The Morgan fingerprint density at radius 1 is 1.14 bits per heavy atom. The minimum atomic E-state index is -0.493. The van der Waals surface area contributed by atoms with E-state index in [1.165, 1.54) is 17.5 Å². The van der Waals surface area contributed by atoms with E-state index in [1.807, 2.05) is 50.4 Å². The molecule has 0 radical (unpaired) electrons. The maximum Gasteiger partial charge on any atom is 0.261 e. The molecule has 29 heavy (non-hydrogen) atoms. The number of fused-ring (bicyclic) bond motifs is 1. The summed E-state index contributed by atoms with van der Waals surface area (Å²) >= 11 is 1.39. The largest absolute Gasteiger partial charge is 0.347 e. The van der Waals surface area contributed by atoms with E-state index in [0.717, 1.165) is 32.5 Å². The van der Waals surface area contributed by atoms with Gasteiger partial charge in [0.1, 0.15) is 4.83 Å². The summed E-state index contributed by atoms with van der Waals surface area (Å²) in [5, 5.41) is 3.96. The van der Waals surface area contributed by atoms with Crippen LogP contribution in [0.4, 0.5) is 4.39 Å². The summed E-state index contributed by atoms with van der Waals surface area (Å²) in [5.74, 6) is -0.616. The number of hydrogen-bond donors (Lipinski definition) is 1. The zero-order chi connectivity index (χ0) is 19.7. The molecule has 0 atom stereocenters. The van der Waals surface area contributed by atoms with Crippen molar-refractivity contribution in [2.75, 3.05) is 0 Å². The molecule has 4 nitrogen and oxygen atoms in total. The summed E-state index contributed by atoms with van der Waals surface area (Å²) in [4.78, 5) is 22.1. The Bertz CT molecular complexity index is 1170. The Balaban J connectivity index is 0.00000240. The number of amides is 1. The topological polar surface area (TPSA) is 54.9 Å². The van der Waals surface area contributed by atoms with Gasteiger partial charge in [-0.2, -0.15) is 4.39 Å². The number of aromatic nitrogens is 2. The number of hydrogen-bond acceptors (Lipinski definition) is 4. The smallest absolute Gasteiger partial charge is 0.261 e. The number of benzene rings is 1. The third-order valence-corrected chi connectivity index (χ3v) is 5.83. The number of thiophene rings is 1. The van der Waals surface area contributed by atoms with E-state index >= 15 is 0 Å². The van der Waals surface area contributed by atoms with Gasteiger partial charge >= 0.3 is 0 Å². The van der Waals surface area contributed by atoms with Gasteiger partial charge in [-0.15, -0.1) is 11.3 Å². The molecule has 0 saturated heterocycles. The van der Waals surface area contributed by atoms with Crippen molar-refractivity contribution in [2.45, 2.75) is 27.8 Å². The molecule has 0 bridgehead atoms. The SMILES string of the molecule is C.Cc1cnc2sc(C(=O)NCc3ccc(-c4cccnc4F)cc3)cc2c1C. The average molecular weight is 408 g/mol. The fourth-order valence-electron chi connectivity index (χ4n) is 3.00. The third-order valence-electron chi connectivity index (χ3n) is 4.78. The molecule has 0 aliphatic rings. The van der Waals surface area contributed by atoms with E-state index in [2.05, 4.69) is 15.3 Å². The Labute approximate surface area is 173 Å². The van der Waals surface area contributed by atoms with Crippen molar-refractivity contribution in [1.29, 1.82) is 0 Å². The second-order valence-corrected chi connectivity index (χ2v) is 7.65. The normalized spacial score (nSPS) is 10.6. The first-order valence-corrected chi connectivity index (χ1v) is 9.68. The fourth-order valence-corrected chi connectivity index (χ4v) is 3.97. The quantitative estimate of drug-likeness (QED) is 0.443. The first-order valence-electron chi connectivity index (χ1n) is 8.86. The molecule has 1 aromatic carbocycles. The number of carbonyl (C=O) groups excluding carboxylic acids is 1. The summed E-state index contributed by atoms with van der Waals surface area (Å²) in [6.45, 7) is 4.45. The van der Waals surface area contributed by atoms with Gasteiger partial charge in [-0.1, -0.05) is 31.7 Å². The lowest BCUT2D eigenvalue weighted by Gasteiger charge is -2.06. The molecule has 4 aromatic rings. The van der Waals surface area contributed by atoms with Gasteiger partial charge in [-0.05, 0) is 54.3 Å². The average Bonchev–Trinajstić information content (AvgIpc) is 3.15. The molecule has 0 saturated carbocycles. The van der Waals surface area contributed by atoms with Gasteiger partial charge in [0.25, 0.3) is 5.91 Å². The van der Waals surface area contributed by atoms with Crippen LogP contribution in [-0.4, -0.2) is 15.9 Å². The Kier molecular flexibility index (Phi) is 6.03. The van der Waals surface area contributed by atoms with E-state index in [0.29, 0.717) is 17.0 Å². The van der Waals surface area contributed by atoms with Gasteiger partial charge in [0.15, 0.2) is 0 Å². The minimum Gasteiger partial charge on any atom is -0.347 e. The summed E-state index contributed by atoms with van der Waals surface area (Å²) in [6, 6.07) is 12.7. The zero-order valence-electron chi connectivity index (χ0n) is 15.5. The Morgan fingerprint density at radius 3 is 2.62 bits per heavy atom. The highest BCUT2D eigenvalue weighted by atomic mass is 32.1. The van der Waals surface area contributed by atoms with Gasteiger partial charge in [0.2, 0.25) is 5.95 Å². The Hall–Kier alpha value is -3.12. The van der Waals surface area contributed by atoms with Gasteiger partial charge in [-0.3, -0.25) is 4.79 Å². The van der Waals surface area contributed by atoms with E-state index in [1.54, 1.807) is 12.1 Å². The van der Waals surface area contributed by atoms with Crippen LogP contribution in [0.2, 0.25) is 0 Å². The highest BCUT2D eigenvalue weighted by Gasteiger charge is 2.13. The van der Waals surface area contributed by atoms with Crippen molar-refractivity contribution in [3.05, 3.63) is 82.4 Å². The van der Waals surface area contributed by atoms with Crippen LogP contribution in [0.1, 0.15) is 33.8 Å². The highest BCUT2D eigenvalue weighted by Crippen LogP contribution is 2.28. The first kappa shape index (κ1) is 20.6. The molecule has 148 valence electrons. The predicted molar refractivity (Wildman–Crippen MR) is 117 cm³/mol. The van der Waals surface area contributed by atoms with Crippen molar-refractivity contribution < 1.29 is 9.18 Å². The number of carbonyl (C=O) groups is 1. The number of aryl methyl sites for hydroxylation is 2. The van der Waals surface area contributed by atoms with Gasteiger partial charge < -0.3 is 5.32 Å². The maximum absolute atomic E-state index is 13.8. The van der Waals surface area contributed by atoms with Gasteiger partial charge in [-0.25, -0.2) is 9.97 Å². The molecule has 1 amide bonds. The van der Waals surface area contributed by atoms with E-state index < -0.39 is 5.95 Å². The van der Waals surface area contributed by atoms with Crippen LogP contribution < -0.4 is 5.32 Å². The van der Waals surface area contributed by atoms with Crippen molar-refractivity contribution in [2.24, 2.45) is 0 Å². The summed E-state index contributed by atoms with van der Waals surface area (Å²) in [7, 11) is 0. The van der Waals surface area contributed by atoms with Crippen molar-refractivity contribution in [3.8, 4) is 11.1 Å². The van der Waals surface area contributed by atoms with Crippen LogP contribution >= 0.6 is 11.3 Å². The molecule has 3 heterocycles. The number of rotatable bonds is 4. The summed E-state index contributed by atoms with van der Waals surface area (Å²) in [5.41, 5.74) is 4.41. The molecule has 0 aliphatic carbocycles. The molecule has 6 heteroatoms. The molecule has 0 spiro atoms. The second-order valence-electron chi connectivity index (χ2n) is 6.62. The molecule has 0 unspecified atom stereocenters. The summed E-state index contributed by atoms with van der Waals surface area (Å²) < 4.78 is 13.8. The predicted octanol–water partition coefficient (Wildman–Crippen LogP) is 5.68.